The number of hydrogen-bond donors (Lipinski definition) is 1. The molecule has 1 N–H and O–H groups in total. The van der Waals surface area contributed by atoms with Crippen LogP contribution >= 0.6 is 11.6 Å². The summed E-state index contributed by atoms with van der Waals surface area (Å²) in [5.74, 6) is -0.121. The Morgan fingerprint density at radius 3 is 2.76 bits per heavy atom. The molecule has 0 aliphatic rings. The Labute approximate surface area is 103 Å². The molecule has 0 spiro atoms. The Hall–Kier alpha value is -1.41. The van der Waals surface area contributed by atoms with Crippen LogP contribution in [-0.2, 0) is 10.0 Å². The number of aromatic nitrogens is 1. The first-order valence-electron chi connectivity index (χ1n) is 4.66. The number of hydrogen-bond acceptors (Lipinski definition) is 5. The van der Waals surface area contributed by atoms with Gasteiger partial charge in [0, 0.05) is 6.20 Å². The van der Waals surface area contributed by atoms with E-state index in [2.05, 4.69) is 9.71 Å². The fraction of sp³-hybridized carbons (Fsp3) is 0.375. The average Bonchev–Trinajstić information content (AvgIpc) is 2.15. The molecule has 17 heavy (non-hydrogen) atoms. The zero-order valence-electron chi connectivity index (χ0n) is 8.88. The summed E-state index contributed by atoms with van der Waals surface area (Å²) in [5.41, 5.74) is -0.725. The smallest absolute Gasteiger partial charge is 0.277 e. The van der Waals surface area contributed by atoms with Crippen LogP contribution in [0.2, 0.25) is 5.15 Å². The van der Waals surface area contributed by atoms with Crippen molar-refractivity contribution in [2.45, 2.75) is 13.3 Å². The molecule has 1 rings (SSSR count). The first kappa shape index (κ1) is 13.7. The molecule has 0 aromatic carbocycles. The number of nitrogens with zero attached hydrogens (tertiary/aromatic N) is 2. The van der Waals surface area contributed by atoms with Crippen molar-refractivity contribution in [3.63, 3.8) is 0 Å². The molecule has 7 nitrogen and oxygen atoms in total. The van der Waals surface area contributed by atoms with Crippen LogP contribution in [0.15, 0.2) is 12.3 Å². The van der Waals surface area contributed by atoms with Crippen LogP contribution in [0, 0.1) is 10.1 Å². The molecule has 0 amide bonds. The monoisotopic (exact) mass is 279 g/mol. The van der Waals surface area contributed by atoms with Gasteiger partial charge in [-0.2, -0.15) is 0 Å². The maximum Gasteiger partial charge on any atom is 0.330 e. The molecular weight excluding hydrogens is 270 g/mol. The highest BCUT2D eigenvalue weighted by Crippen LogP contribution is 2.30. The van der Waals surface area contributed by atoms with Gasteiger partial charge in [-0.15, -0.1) is 0 Å². The van der Waals surface area contributed by atoms with Crippen LogP contribution in [0.1, 0.15) is 13.3 Å². The third kappa shape index (κ3) is 3.53. The lowest BCUT2D eigenvalue weighted by molar-refractivity contribution is -0.384. The van der Waals surface area contributed by atoms with Crippen molar-refractivity contribution < 1.29 is 13.3 Å². The summed E-state index contributed by atoms with van der Waals surface area (Å²) in [4.78, 5) is 13.5. The van der Waals surface area contributed by atoms with Crippen molar-refractivity contribution in [3.05, 3.63) is 27.5 Å². The number of nitrogens with one attached hydrogen (secondary N) is 1. The van der Waals surface area contributed by atoms with Crippen LogP contribution in [0.25, 0.3) is 0 Å². The van der Waals surface area contributed by atoms with E-state index < -0.39 is 20.6 Å². The quantitative estimate of drug-likeness (QED) is 0.503. The zero-order chi connectivity index (χ0) is 13.1. The van der Waals surface area contributed by atoms with E-state index in [-0.39, 0.29) is 16.6 Å². The maximum atomic E-state index is 11.5. The first-order chi connectivity index (χ1) is 7.87. The van der Waals surface area contributed by atoms with Gasteiger partial charge in [0.25, 0.3) is 0 Å². The maximum absolute atomic E-state index is 11.5. The van der Waals surface area contributed by atoms with Gasteiger partial charge in [-0.05, 0) is 12.5 Å². The number of pyridine rings is 1. The number of rotatable bonds is 5. The SMILES string of the molecule is CCCS(=O)(=O)Nc1ccnc(Cl)c1[N+](=O)[O-]. The normalized spacial score (nSPS) is 11.2. The lowest BCUT2D eigenvalue weighted by atomic mass is 10.4. The summed E-state index contributed by atoms with van der Waals surface area (Å²) in [6, 6.07) is 1.19. The number of nitro groups is 1. The number of anilines is 1. The van der Waals surface area contributed by atoms with Crippen LogP contribution in [0.4, 0.5) is 11.4 Å². The fourth-order valence-corrected chi connectivity index (χ4v) is 2.54. The Balaban J connectivity index is 3.16. The van der Waals surface area contributed by atoms with E-state index in [4.69, 9.17) is 11.6 Å². The molecule has 1 aromatic rings. The second kappa shape index (κ2) is 5.28. The molecule has 9 heteroatoms. The zero-order valence-corrected chi connectivity index (χ0v) is 10.5. The summed E-state index contributed by atoms with van der Waals surface area (Å²) in [7, 11) is -3.60. The summed E-state index contributed by atoms with van der Waals surface area (Å²) in [5, 5.41) is 10.4. The van der Waals surface area contributed by atoms with Gasteiger partial charge in [0.15, 0.2) is 0 Å². The molecule has 1 heterocycles. The predicted octanol–water partition coefficient (Wildman–Crippen LogP) is 1.79. The summed E-state index contributed by atoms with van der Waals surface area (Å²) >= 11 is 5.54. The first-order valence-corrected chi connectivity index (χ1v) is 6.70. The minimum absolute atomic E-state index is 0.121. The molecule has 0 radical (unpaired) electrons. The Morgan fingerprint density at radius 2 is 2.24 bits per heavy atom. The second-order valence-electron chi connectivity index (χ2n) is 3.18. The summed E-state index contributed by atoms with van der Waals surface area (Å²) < 4.78 is 25.1. The van der Waals surface area contributed by atoms with E-state index in [0.29, 0.717) is 6.42 Å². The van der Waals surface area contributed by atoms with Gasteiger partial charge in [-0.25, -0.2) is 13.4 Å². The number of sulfonamides is 1. The molecule has 0 bridgehead atoms. The van der Waals surface area contributed by atoms with Crippen molar-refractivity contribution in [2.24, 2.45) is 0 Å². The van der Waals surface area contributed by atoms with Crippen LogP contribution in [-0.4, -0.2) is 24.1 Å². The van der Waals surface area contributed by atoms with Crippen molar-refractivity contribution in [1.29, 1.82) is 0 Å². The molecule has 0 aliphatic carbocycles. The van der Waals surface area contributed by atoms with E-state index in [0.717, 1.165) is 0 Å². The highest BCUT2D eigenvalue weighted by atomic mass is 35.5. The van der Waals surface area contributed by atoms with Crippen LogP contribution in [0.5, 0.6) is 0 Å². The minimum Gasteiger partial charge on any atom is -0.277 e. The third-order valence-corrected chi connectivity index (χ3v) is 3.55. The van der Waals surface area contributed by atoms with Gasteiger partial charge in [0.2, 0.25) is 15.2 Å². The molecule has 0 saturated carbocycles. The van der Waals surface area contributed by atoms with E-state index in [9.17, 15) is 18.5 Å². The van der Waals surface area contributed by atoms with Gasteiger partial charge in [0.1, 0.15) is 5.69 Å². The van der Waals surface area contributed by atoms with Crippen LogP contribution < -0.4 is 4.72 Å². The van der Waals surface area contributed by atoms with Crippen LogP contribution in [0.3, 0.4) is 0 Å². The van der Waals surface area contributed by atoms with E-state index in [1.165, 1.54) is 12.3 Å². The molecule has 0 fully saturated rings. The third-order valence-electron chi connectivity index (χ3n) is 1.80. The van der Waals surface area contributed by atoms with Gasteiger partial charge in [-0.3, -0.25) is 14.8 Å². The van der Waals surface area contributed by atoms with Crippen molar-refractivity contribution >= 4 is 33.0 Å². The highest BCUT2D eigenvalue weighted by molar-refractivity contribution is 7.92. The predicted molar refractivity (Wildman–Crippen MR) is 63.6 cm³/mol. The molecule has 0 saturated heterocycles. The standard InChI is InChI=1S/C8H10ClN3O4S/c1-2-5-17(15,16)11-6-3-4-10-8(9)7(6)12(13)14/h3-4H,2,5H2,1H3,(H,10,11). The van der Waals surface area contributed by atoms with Gasteiger partial charge in [-0.1, -0.05) is 18.5 Å². The van der Waals surface area contributed by atoms with E-state index in [1.807, 2.05) is 0 Å². The summed E-state index contributed by atoms with van der Waals surface area (Å²) in [6.07, 6.45) is 1.60. The lowest BCUT2D eigenvalue weighted by Gasteiger charge is -2.07. The number of halogens is 1. The largest absolute Gasteiger partial charge is 0.330 e. The molecule has 0 unspecified atom stereocenters. The molecule has 1 aromatic heterocycles. The van der Waals surface area contributed by atoms with Gasteiger partial charge < -0.3 is 0 Å². The second-order valence-corrected chi connectivity index (χ2v) is 5.38. The van der Waals surface area contributed by atoms with Gasteiger partial charge in [0.05, 0.1) is 10.7 Å². The molecule has 94 valence electrons. The van der Waals surface area contributed by atoms with E-state index in [1.54, 1.807) is 6.92 Å². The molecule has 0 aliphatic heterocycles. The molecular formula is C8H10ClN3O4S. The van der Waals surface area contributed by atoms with Crippen molar-refractivity contribution in [2.75, 3.05) is 10.5 Å². The van der Waals surface area contributed by atoms with E-state index >= 15 is 0 Å². The Morgan fingerprint density at radius 1 is 1.59 bits per heavy atom. The highest BCUT2D eigenvalue weighted by Gasteiger charge is 2.22. The molecule has 0 atom stereocenters. The summed E-state index contributed by atoms with van der Waals surface area (Å²) in [6.45, 7) is 1.69. The Kier molecular flexibility index (Phi) is 4.24. The average molecular weight is 280 g/mol. The van der Waals surface area contributed by atoms with Crippen molar-refractivity contribution in [1.82, 2.24) is 4.98 Å². The lowest BCUT2D eigenvalue weighted by Crippen LogP contribution is -2.17. The fourth-order valence-electron chi connectivity index (χ4n) is 1.17. The topological polar surface area (TPSA) is 102 Å². The van der Waals surface area contributed by atoms with Gasteiger partial charge >= 0.3 is 5.69 Å². The Bertz CT molecular complexity index is 532. The van der Waals surface area contributed by atoms with Crippen molar-refractivity contribution in [3.8, 4) is 0 Å². The minimum atomic E-state index is -3.60.